The lowest BCUT2D eigenvalue weighted by molar-refractivity contribution is -0.113. The van der Waals surface area contributed by atoms with Gasteiger partial charge in [0.2, 0.25) is 0 Å². The fraction of sp³-hybridized carbons (Fsp3) is 1.00. The quantitative estimate of drug-likeness (QED) is 0.850. The highest BCUT2D eigenvalue weighted by atomic mass is 32.2. The Morgan fingerprint density at radius 3 is 2.65 bits per heavy atom. The molecule has 1 spiro atoms. The maximum Gasteiger partial charge on any atom is 0.0713 e. The van der Waals surface area contributed by atoms with Crippen LogP contribution in [0.4, 0.5) is 0 Å². The summed E-state index contributed by atoms with van der Waals surface area (Å²) in [6, 6.07) is 1.66. The fourth-order valence-corrected chi connectivity index (χ4v) is 5.59. The third-order valence-corrected chi connectivity index (χ3v) is 6.74. The number of nitrogens with zero attached hydrogens (tertiary/aromatic N) is 1. The zero-order valence-corrected chi connectivity index (χ0v) is 13.7. The summed E-state index contributed by atoms with van der Waals surface area (Å²) in [6.07, 6.45) is 10.1. The van der Waals surface area contributed by atoms with Crippen molar-refractivity contribution in [2.45, 2.75) is 75.1 Å². The highest BCUT2D eigenvalue weighted by molar-refractivity contribution is 7.99. The molecule has 3 fully saturated rings. The van der Waals surface area contributed by atoms with Crippen molar-refractivity contribution >= 4 is 11.8 Å². The van der Waals surface area contributed by atoms with Crippen LogP contribution < -0.4 is 5.73 Å². The molecule has 2 heterocycles. The Bertz CT molecular complexity index is 314. The summed E-state index contributed by atoms with van der Waals surface area (Å²) in [6.45, 7) is 0.946. The zero-order chi connectivity index (χ0) is 14.0. The second-order valence-electron chi connectivity index (χ2n) is 6.97. The lowest BCUT2D eigenvalue weighted by Crippen LogP contribution is -2.56. The van der Waals surface area contributed by atoms with Crippen molar-refractivity contribution in [3.8, 4) is 0 Å². The van der Waals surface area contributed by atoms with Crippen LogP contribution in [-0.2, 0) is 4.74 Å². The SMILES string of the molecule is CN(C1CCOC2(CCSCC2)C1)C1CCCCC1N. The normalized spacial score (nSPS) is 38.2. The van der Waals surface area contributed by atoms with E-state index < -0.39 is 0 Å². The van der Waals surface area contributed by atoms with Gasteiger partial charge in [0.15, 0.2) is 0 Å². The van der Waals surface area contributed by atoms with Crippen LogP contribution in [0.5, 0.6) is 0 Å². The molecule has 20 heavy (non-hydrogen) atoms. The molecule has 3 atom stereocenters. The van der Waals surface area contributed by atoms with E-state index in [1.54, 1.807) is 0 Å². The third-order valence-electron chi connectivity index (χ3n) is 5.75. The van der Waals surface area contributed by atoms with Crippen LogP contribution in [0.25, 0.3) is 0 Å². The molecule has 2 saturated heterocycles. The van der Waals surface area contributed by atoms with Crippen LogP contribution >= 0.6 is 11.8 Å². The number of nitrogens with two attached hydrogens (primary N) is 1. The number of rotatable bonds is 2. The highest BCUT2D eigenvalue weighted by Crippen LogP contribution is 2.39. The van der Waals surface area contributed by atoms with E-state index >= 15 is 0 Å². The molecular weight excluding hydrogens is 268 g/mol. The van der Waals surface area contributed by atoms with Gasteiger partial charge < -0.3 is 10.5 Å². The molecule has 116 valence electrons. The smallest absolute Gasteiger partial charge is 0.0713 e. The molecule has 3 unspecified atom stereocenters. The maximum absolute atomic E-state index is 6.38. The summed E-state index contributed by atoms with van der Waals surface area (Å²) < 4.78 is 6.23. The van der Waals surface area contributed by atoms with Gasteiger partial charge in [0, 0.05) is 24.7 Å². The number of hydrogen-bond acceptors (Lipinski definition) is 4. The standard InChI is InChI=1S/C16H30N2OS/c1-18(15-5-3-2-4-14(15)17)13-6-9-19-16(12-13)7-10-20-11-8-16/h13-15H,2-12,17H2,1H3. The number of thioether (sulfide) groups is 1. The topological polar surface area (TPSA) is 38.5 Å². The Hall–Kier alpha value is 0.230. The van der Waals surface area contributed by atoms with Gasteiger partial charge >= 0.3 is 0 Å². The van der Waals surface area contributed by atoms with Crippen LogP contribution in [-0.4, -0.2) is 53.8 Å². The fourth-order valence-electron chi connectivity index (χ4n) is 4.36. The molecule has 0 aromatic carbocycles. The van der Waals surface area contributed by atoms with E-state index in [0.717, 1.165) is 6.61 Å². The van der Waals surface area contributed by atoms with E-state index in [9.17, 15) is 0 Å². The van der Waals surface area contributed by atoms with Gasteiger partial charge in [-0.15, -0.1) is 0 Å². The lowest BCUT2D eigenvalue weighted by Gasteiger charge is -2.48. The van der Waals surface area contributed by atoms with E-state index in [1.165, 1.54) is 62.9 Å². The number of likely N-dealkylation sites (N-methyl/N-ethyl adjacent to an activating group) is 1. The summed E-state index contributed by atoms with van der Waals surface area (Å²) in [5.41, 5.74) is 6.58. The molecule has 1 saturated carbocycles. The highest BCUT2D eigenvalue weighted by Gasteiger charge is 2.41. The molecule has 2 N–H and O–H groups in total. The van der Waals surface area contributed by atoms with Crippen molar-refractivity contribution < 1.29 is 4.74 Å². The Labute approximate surface area is 128 Å². The van der Waals surface area contributed by atoms with Crippen LogP contribution in [0.1, 0.15) is 51.4 Å². The molecule has 0 bridgehead atoms. The van der Waals surface area contributed by atoms with Crippen molar-refractivity contribution in [3.05, 3.63) is 0 Å². The first kappa shape index (κ1) is 15.1. The summed E-state index contributed by atoms with van der Waals surface area (Å²) >= 11 is 2.09. The largest absolute Gasteiger partial charge is 0.375 e. The third kappa shape index (κ3) is 3.18. The predicted octanol–water partition coefficient (Wildman–Crippen LogP) is 2.63. The van der Waals surface area contributed by atoms with Crippen molar-refractivity contribution in [3.63, 3.8) is 0 Å². The summed E-state index contributed by atoms with van der Waals surface area (Å²) in [5, 5.41) is 0. The molecule has 1 aliphatic carbocycles. The molecule has 0 aromatic heterocycles. The summed E-state index contributed by atoms with van der Waals surface area (Å²) in [7, 11) is 2.32. The maximum atomic E-state index is 6.38. The minimum absolute atomic E-state index is 0.196. The van der Waals surface area contributed by atoms with Crippen LogP contribution in [0.3, 0.4) is 0 Å². The monoisotopic (exact) mass is 298 g/mol. The van der Waals surface area contributed by atoms with Gasteiger partial charge in [-0.1, -0.05) is 12.8 Å². The van der Waals surface area contributed by atoms with E-state index in [4.69, 9.17) is 10.5 Å². The van der Waals surface area contributed by atoms with Crippen LogP contribution in [0, 0.1) is 0 Å². The molecular formula is C16H30N2OS. The van der Waals surface area contributed by atoms with Gasteiger partial charge in [-0.3, -0.25) is 4.90 Å². The number of hydrogen-bond donors (Lipinski definition) is 1. The number of ether oxygens (including phenoxy) is 1. The Kier molecular flexibility index (Phi) is 4.96. The Balaban J connectivity index is 1.63. The average molecular weight is 298 g/mol. The molecule has 3 nitrogen and oxygen atoms in total. The van der Waals surface area contributed by atoms with Crippen molar-refractivity contribution in [1.29, 1.82) is 0 Å². The van der Waals surface area contributed by atoms with E-state index in [1.807, 2.05) is 0 Å². The predicted molar refractivity (Wildman–Crippen MR) is 86.3 cm³/mol. The molecule has 0 aromatic rings. The average Bonchev–Trinajstić information content (AvgIpc) is 2.48. The Morgan fingerprint density at radius 2 is 1.90 bits per heavy atom. The summed E-state index contributed by atoms with van der Waals surface area (Å²) in [4.78, 5) is 2.62. The van der Waals surface area contributed by atoms with Gasteiger partial charge in [-0.2, -0.15) is 11.8 Å². The first-order chi connectivity index (χ1) is 9.70. The van der Waals surface area contributed by atoms with Crippen LogP contribution in [0.15, 0.2) is 0 Å². The molecule has 0 radical (unpaired) electrons. The van der Waals surface area contributed by atoms with Gasteiger partial charge in [0.05, 0.1) is 5.60 Å². The summed E-state index contributed by atoms with van der Waals surface area (Å²) in [5.74, 6) is 2.55. The van der Waals surface area contributed by atoms with Gasteiger partial charge in [-0.05, 0) is 57.1 Å². The lowest BCUT2D eigenvalue weighted by atomic mass is 9.82. The molecule has 3 aliphatic rings. The van der Waals surface area contributed by atoms with E-state index in [-0.39, 0.29) is 5.60 Å². The van der Waals surface area contributed by atoms with E-state index in [2.05, 4.69) is 23.7 Å². The minimum atomic E-state index is 0.196. The van der Waals surface area contributed by atoms with Crippen molar-refractivity contribution in [2.24, 2.45) is 5.73 Å². The van der Waals surface area contributed by atoms with E-state index in [0.29, 0.717) is 18.1 Å². The van der Waals surface area contributed by atoms with Crippen LogP contribution in [0.2, 0.25) is 0 Å². The molecule has 0 amide bonds. The first-order valence-corrected chi connectivity index (χ1v) is 9.55. The second kappa shape index (κ2) is 6.55. The Morgan fingerprint density at radius 1 is 1.15 bits per heavy atom. The van der Waals surface area contributed by atoms with Gasteiger partial charge in [0.1, 0.15) is 0 Å². The van der Waals surface area contributed by atoms with Crippen molar-refractivity contribution in [2.75, 3.05) is 25.2 Å². The molecule has 2 aliphatic heterocycles. The van der Waals surface area contributed by atoms with Gasteiger partial charge in [-0.25, -0.2) is 0 Å². The zero-order valence-electron chi connectivity index (χ0n) is 12.9. The first-order valence-electron chi connectivity index (χ1n) is 8.39. The molecule has 3 rings (SSSR count). The second-order valence-corrected chi connectivity index (χ2v) is 8.20. The minimum Gasteiger partial charge on any atom is -0.375 e. The van der Waals surface area contributed by atoms with Crippen molar-refractivity contribution in [1.82, 2.24) is 4.90 Å². The van der Waals surface area contributed by atoms with Gasteiger partial charge in [0.25, 0.3) is 0 Å². The molecule has 4 heteroatoms.